The summed E-state index contributed by atoms with van der Waals surface area (Å²) in [6, 6.07) is 57.6. The van der Waals surface area contributed by atoms with Crippen LogP contribution in [-0.4, -0.2) is 18.2 Å². The Hall–Kier alpha value is -7.70. The predicted molar refractivity (Wildman–Crippen MR) is 239 cm³/mol. The number of rotatable bonds is 5. The van der Waals surface area contributed by atoms with Crippen LogP contribution in [0.3, 0.4) is 0 Å². The van der Waals surface area contributed by atoms with Gasteiger partial charge in [0.25, 0.3) is 0 Å². The van der Waals surface area contributed by atoms with Crippen LogP contribution in [0, 0.1) is 0 Å². The van der Waals surface area contributed by atoms with E-state index in [1.165, 1.54) is 21.9 Å². The molecule has 10 aromatic rings. The van der Waals surface area contributed by atoms with Gasteiger partial charge >= 0.3 is 0 Å². The Balaban J connectivity index is 1.02. The number of amidine groups is 2. The van der Waals surface area contributed by atoms with Crippen molar-refractivity contribution in [2.24, 2.45) is 9.98 Å². The first kappa shape index (κ1) is 32.5. The van der Waals surface area contributed by atoms with Gasteiger partial charge in [-0.05, 0) is 73.6 Å². The molecule has 12 rings (SSSR count). The highest BCUT2D eigenvalue weighted by molar-refractivity contribution is 6.23. The molecule has 58 heavy (non-hydrogen) atoms. The molecule has 0 radical (unpaired) electrons. The van der Waals surface area contributed by atoms with Crippen molar-refractivity contribution in [1.82, 2.24) is 5.32 Å². The molecular formula is C52H34N4O2. The second kappa shape index (κ2) is 12.9. The number of fused-ring (bicyclic) bond motifs is 8. The molecule has 0 spiro atoms. The van der Waals surface area contributed by atoms with Crippen LogP contribution in [0.2, 0.25) is 0 Å². The van der Waals surface area contributed by atoms with Gasteiger partial charge in [-0.3, -0.25) is 0 Å². The van der Waals surface area contributed by atoms with Crippen LogP contribution >= 0.6 is 0 Å². The van der Waals surface area contributed by atoms with E-state index in [-0.39, 0.29) is 6.17 Å². The van der Waals surface area contributed by atoms with Gasteiger partial charge in [0.15, 0.2) is 11.6 Å². The second-order valence-electron chi connectivity index (χ2n) is 14.9. The van der Waals surface area contributed by atoms with Gasteiger partial charge in [-0.2, -0.15) is 0 Å². The molecule has 6 heteroatoms. The number of para-hydroxylation sites is 1. The van der Waals surface area contributed by atoms with E-state index < -0.39 is 0 Å². The predicted octanol–water partition coefficient (Wildman–Crippen LogP) is 12.9. The summed E-state index contributed by atoms with van der Waals surface area (Å²) in [4.78, 5) is 10.6. The lowest BCUT2D eigenvalue weighted by atomic mass is 9.88. The van der Waals surface area contributed by atoms with Crippen molar-refractivity contribution in [1.29, 1.82) is 0 Å². The minimum absolute atomic E-state index is 0.346. The van der Waals surface area contributed by atoms with E-state index in [1.807, 2.05) is 36.4 Å². The molecule has 0 bridgehead atoms. The smallest absolute Gasteiger partial charge is 0.160 e. The van der Waals surface area contributed by atoms with Crippen LogP contribution in [0.25, 0.3) is 82.8 Å². The molecule has 8 aromatic carbocycles. The van der Waals surface area contributed by atoms with E-state index in [0.29, 0.717) is 5.84 Å². The highest BCUT2D eigenvalue weighted by atomic mass is 16.3. The third-order valence-electron chi connectivity index (χ3n) is 11.6. The number of nitrogens with one attached hydrogen (secondary N) is 2. The zero-order valence-electron chi connectivity index (χ0n) is 31.2. The molecule has 1 unspecified atom stereocenters. The van der Waals surface area contributed by atoms with E-state index in [9.17, 15) is 0 Å². The van der Waals surface area contributed by atoms with Crippen molar-refractivity contribution in [3.05, 3.63) is 192 Å². The molecule has 6 nitrogen and oxygen atoms in total. The van der Waals surface area contributed by atoms with Gasteiger partial charge in [-0.25, -0.2) is 9.98 Å². The van der Waals surface area contributed by atoms with Crippen molar-refractivity contribution < 1.29 is 8.83 Å². The lowest BCUT2D eigenvalue weighted by Gasteiger charge is -2.25. The zero-order chi connectivity index (χ0) is 38.2. The van der Waals surface area contributed by atoms with Gasteiger partial charge in [-0.15, -0.1) is 0 Å². The van der Waals surface area contributed by atoms with Gasteiger partial charge in [0.2, 0.25) is 0 Å². The summed E-state index contributed by atoms with van der Waals surface area (Å²) < 4.78 is 12.6. The topological polar surface area (TPSA) is 75.1 Å². The Morgan fingerprint density at radius 1 is 0.466 bits per heavy atom. The van der Waals surface area contributed by atoms with Gasteiger partial charge in [0.1, 0.15) is 28.8 Å². The fourth-order valence-electron chi connectivity index (χ4n) is 8.99. The van der Waals surface area contributed by atoms with Gasteiger partial charge in [-0.1, -0.05) is 152 Å². The van der Waals surface area contributed by atoms with Gasteiger partial charge < -0.3 is 19.5 Å². The van der Waals surface area contributed by atoms with E-state index in [4.69, 9.17) is 18.8 Å². The SMILES string of the molecule is C1=Cc2oc3cccc(C4=NC(c5ccccc5)NC(c5ccc(-c6ccc(-c7cccc8oc9ccccc9c78)c7ccccc67)c6ccccc56)=N4)c3c2NC1. The second-order valence-corrected chi connectivity index (χ2v) is 14.9. The van der Waals surface area contributed by atoms with Crippen LogP contribution < -0.4 is 10.6 Å². The molecule has 4 heterocycles. The molecule has 1 atom stereocenters. The van der Waals surface area contributed by atoms with Crippen molar-refractivity contribution >= 4 is 77.9 Å². The summed E-state index contributed by atoms with van der Waals surface area (Å²) in [6.45, 7) is 0.735. The maximum absolute atomic E-state index is 6.30. The summed E-state index contributed by atoms with van der Waals surface area (Å²) >= 11 is 0. The summed E-state index contributed by atoms with van der Waals surface area (Å²) in [5.74, 6) is 2.24. The Morgan fingerprint density at radius 2 is 1.03 bits per heavy atom. The highest BCUT2D eigenvalue weighted by Gasteiger charge is 2.26. The number of aliphatic imine (C=N–C) groups is 2. The Morgan fingerprint density at radius 3 is 1.76 bits per heavy atom. The van der Waals surface area contributed by atoms with E-state index in [1.54, 1.807) is 0 Å². The maximum Gasteiger partial charge on any atom is 0.160 e. The van der Waals surface area contributed by atoms with Crippen LogP contribution in [0.5, 0.6) is 0 Å². The maximum atomic E-state index is 6.30. The lowest BCUT2D eigenvalue weighted by Crippen LogP contribution is -2.33. The molecule has 2 aliphatic heterocycles. The molecule has 0 fully saturated rings. The molecule has 274 valence electrons. The van der Waals surface area contributed by atoms with Crippen molar-refractivity contribution in [2.45, 2.75) is 6.17 Å². The van der Waals surface area contributed by atoms with Crippen molar-refractivity contribution in [2.75, 3.05) is 11.9 Å². The minimum Gasteiger partial charge on any atom is -0.456 e. The molecule has 2 N–H and O–H groups in total. The molecule has 0 amide bonds. The third-order valence-corrected chi connectivity index (χ3v) is 11.6. The first-order valence-electron chi connectivity index (χ1n) is 19.7. The fourth-order valence-corrected chi connectivity index (χ4v) is 8.99. The van der Waals surface area contributed by atoms with Gasteiger partial charge in [0.05, 0.1) is 11.1 Å². The average molecular weight is 747 g/mol. The number of benzene rings is 8. The largest absolute Gasteiger partial charge is 0.456 e. The quantitative estimate of drug-likeness (QED) is 0.184. The number of hydrogen-bond donors (Lipinski definition) is 2. The van der Waals surface area contributed by atoms with Crippen LogP contribution in [0.15, 0.2) is 189 Å². The zero-order valence-corrected chi connectivity index (χ0v) is 31.2. The van der Waals surface area contributed by atoms with Crippen LogP contribution in [0.4, 0.5) is 5.69 Å². The normalized spacial score (nSPS) is 15.1. The average Bonchev–Trinajstić information content (AvgIpc) is 3.87. The molecular weight excluding hydrogens is 713 g/mol. The van der Waals surface area contributed by atoms with E-state index >= 15 is 0 Å². The van der Waals surface area contributed by atoms with Crippen molar-refractivity contribution in [3.8, 4) is 22.3 Å². The number of nitrogens with zero attached hydrogens (tertiary/aromatic N) is 2. The minimum atomic E-state index is -0.346. The molecule has 2 aliphatic rings. The number of anilines is 1. The van der Waals surface area contributed by atoms with Crippen molar-refractivity contribution in [3.63, 3.8) is 0 Å². The molecule has 2 aromatic heterocycles. The highest BCUT2D eigenvalue weighted by Crippen LogP contribution is 2.43. The first-order chi connectivity index (χ1) is 28.8. The summed E-state index contributed by atoms with van der Waals surface area (Å²) in [5, 5.41) is 15.1. The summed E-state index contributed by atoms with van der Waals surface area (Å²) in [7, 11) is 0. The summed E-state index contributed by atoms with van der Waals surface area (Å²) in [6.07, 6.45) is 3.76. The molecule has 0 aliphatic carbocycles. The van der Waals surface area contributed by atoms with Gasteiger partial charge in [0, 0.05) is 28.4 Å². The molecule has 0 saturated heterocycles. The number of hydrogen-bond acceptors (Lipinski definition) is 6. The fraction of sp³-hybridized carbons (Fsp3) is 0.0385. The van der Waals surface area contributed by atoms with Crippen LogP contribution in [0.1, 0.15) is 28.6 Å². The standard InChI is InChI=1S/C52H34N4O2/c1-2-13-31(14-3-1)50-54-51(56-52(55-50)42-21-11-24-45-48(42)49-46(58-45)25-12-30-53-49)40-29-28-37(34-17-6-7-18-35(34)40)36-26-27-38(33-16-5-4-15-32(33)36)39-20-10-23-44-47(39)41-19-8-9-22-43(41)57-44/h1-29,50,53H,30H2,(H,54,55,56). The van der Waals surface area contributed by atoms with Crippen LogP contribution in [-0.2, 0) is 0 Å². The van der Waals surface area contributed by atoms with E-state index in [0.717, 1.165) is 95.3 Å². The third kappa shape index (κ3) is 5.05. The summed E-state index contributed by atoms with van der Waals surface area (Å²) in [5.41, 5.74) is 11.2. The number of furan rings is 2. The Labute approximate surface area is 333 Å². The Kier molecular flexibility index (Phi) is 7.25. The lowest BCUT2D eigenvalue weighted by molar-refractivity contribution is 0.604. The molecule has 0 saturated carbocycles. The van der Waals surface area contributed by atoms with E-state index in [2.05, 4.69) is 150 Å². The first-order valence-corrected chi connectivity index (χ1v) is 19.7. The Bertz CT molecular complexity index is 3390. The monoisotopic (exact) mass is 746 g/mol.